The Labute approximate surface area is 399 Å². The van der Waals surface area contributed by atoms with Crippen molar-refractivity contribution in [3.8, 4) is 0 Å². The lowest BCUT2D eigenvalue weighted by molar-refractivity contribution is -0.151. The molecule has 0 saturated carbocycles. The van der Waals surface area contributed by atoms with Crippen molar-refractivity contribution < 1.29 is 24.5 Å². The molecule has 0 rings (SSSR count). The molecule has 0 aromatic carbocycles. The molecule has 6 heteroatoms. The molecule has 3 atom stereocenters. The van der Waals surface area contributed by atoms with Crippen molar-refractivity contribution >= 4 is 11.9 Å². The molecule has 64 heavy (non-hydrogen) atoms. The Bertz CT molecular complexity index is 1010. The molecule has 0 aromatic heterocycles. The molecule has 0 saturated heterocycles. The van der Waals surface area contributed by atoms with Gasteiger partial charge in [-0.2, -0.15) is 0 Å². The fourth-order valence-electron chi connectivity index (χ4n) is 8.93. The molecule has 0 aliphatic heterocycles. The van der Waals surface area contributed by atoms with Crippen LogP contribution in [0.15, 0.2) is 24.3 Å². The predicted octanol–water partition coefficient (Wildman–Crippen LogP) is 17.5. The summed E-state index contributed by atoms with van der Waals surface area (Å²) in [6.07, 6.45) is 61.0. The van der Waals surface area contributed by atoms with Crippen LogP contribution in [-0.4, -0.2) is 46.9 Å². The van der Waals surface area contributed by atoms with Gasteiger partial charge >= 0.3 is 5.97 Å². The van der Waals surface area contributed by atoms with Crippen molar-refractivity contribution in [1.82, 2.24) is 5.32 Å². The molecule has 3 N–H and O–H groups in total. The highest BCUT2D eigenvalue weighted by Crippen LogP contribution is 2.19. The van der Waals surface area contributed by atoms with Crippen molar-refractivity contribution in [2.24, 2.45) is 0 Å². The summed E-state index contributed by atoms with van der Waals surface area (Å²) < 4.78 is 5.95. The Kier molecular flexibility index (Phi) is 51.0. The summed E-state index contributed by atoms with van der Waals surface area (Å²) in [6, 6.07) is -0.697. The maximum Gasteiger partial charge on any atom is 0.306 e. The van der Waals surface area contributed by atoms with E-state index in [1.165, 1.54) is 212 Å². The molecule has 0 heterocycles. The van der Waals surface area contributed by atoms with Crippen molar-refractivity contribution in [2.75, 3.05) is 6.61 Å². The zero-order chi connectivity index (χ0) is 46.7. The van der Waals surface area contributed by atoms with E-state index in [1.54, 1.807) is 0 Å². The number of hydrogen-bond donors (Lipinski definition) is 3. The lowest BCUT2D eigenvalue weighted by atomic mass is 10.0. The van der Waals surface area contributed by atoms with Gasteiger partial charge in [-0.1, -0.05) is 263 Å². The third-order valence-corrected chi connectivity index (χ3v) is 13.3. The molecule has 0 spiro atoms. The van der Waals surface area contributed by atoms with Crippen LogP contribution in [0, 0.1) is 0 Å². The molecule has 0 bridgehead atoms. The van der Waals surface area contributed by atoms with E-state index < -0.39 is 18.2 Å². The van der Waals surface area contributed by atoms with E-state index in [0.29, 0.717) is 19.3 Å². The number of hydrogen-bond acceptors (Lipinski definition) is 5. The normalized spacial score (nSPS) is 13.3. The van der Waals surface area contributed by atoms with Gasteiger partial charge in [-0.05, 0) is 57.8 Å². The second-order valence-corrected chi connectivity index (χ2v) is 19.7. The van der Waals surface area contributed by atoms with Crippen LogP contribution in [0.2, 0.25) is 0 Å². The number of carbonyl (C=O) groups excluding carboxylic acids is 2. The summed E-state index contributed by atoms with van der Waals surface area (Å²) in [5.74, 6) is -0.462. The number of aliphatic hydroxyl groups excluding tert-OH is 2. The van der Waals surface area contributed by atoms with Gasteiger partial charge in [-0.15, -0.1) is 0 Å². The topological polar surface area (TPSA) is 95.9 Å². The van der Waals surface area contributed by atoms with E-state index in [2.05, 4.69) is 50.4 Å². The average Bonchev–Trinajstić information content (AvgIpc) is 3.29. The van der Waals surface area contributed by atoms with Crippen LogP contribution in [0.4, 0.5) is 0 Å². The molecule has 0 aliphatic carbocycles. The predicted molar refractivity (Wildman–Crippen MR) is 278 cm³/mol. The van der Waals surface area contributed by atoms with E-state index >= 15 is 0 Å². The summed E-state index contributed by atoms with van der Waals surface area (Å²) in [5.41, 5.74) is 0. The SMILES string of the molecule is CCCCC/C=C\C/C=C\CCCCCCCCCCCC(=O)OC(CCCCCCCCCCCC)CC(=O)NC(CO)C(O)CCCCCCCCCCCCCCCCCC. The van der Waals surface area contributed by atoms with Gasteiger partial charge in [-0.25, -0.2) is 0 Å². The Hall–Kier alpha value is -1.66. The Morgan fingerprint density at radius 2 is 0.797 bits per heavy atom. The maximum absolute atomic E-state index is 13.2. The van der Waals surface area contributed by atoms with Crippen LogP contribution in [0.1, 0.15) is 310 Å². The lowest BCUT2D eigenvalue weighted by Crippen LogP contribution is -2.46. The Morgan fingerprint density at radius 1 is 0.453 bits per heavy atom. The number of carbonyl (C=O) groups is 2. The highest BCUT2D eigenvalue weighted by Gasteiger charge is 2.24. The fourth-order valence-corrected chi connectivity index (χ4v) is 8.93. The van der Waals surface area contributed by atoms with Gasteiger partial charge in [0.15, 0.2) is 0 Å². The number of allylic oxidation sites excluding steroid dienone is 4. The van der Waals surface area contributed by atoms with Gasteiger partial charge in [0.2, 0.25) is 5.91 Å². The van der Waals surface area contributed by atoms with E-state index in [-0.39, 0.29) is 24.9 Å². The van der Waals surface area contributed by atoms with Crippen molar-refractivity contribution in [1.29, 1.82) is 0 Å². The molecular weight excluding hydrogens is 791 g/mol. The summed E-state index contributed by atoms with van der Waals surface area (Å²) >= 11 is 0. The zero-order valence-electron chi connectivity index (χ0n) is 43.2. The molecule has 0 aromatic rings. The maximum atomic E-state index is 13.2. The quantitative estimate of drug-likeness (QED) is 0.0321. The van der Waals surface area contributed by atoms with Crippen LogP contribution in [-0.2, 0) is 14.3 Å². The second kappa shape index (κ2) is 52.3. The van der Waals surface area contributed by atoms with E-state index in [4.69, 9.17) is 4.74 Å². The lowest BCUT2D eigenvalue weighted by Gasteiger charge is -2.24. The van der Waals surface area contributed by atoms with Crippen LogP contribution in [0.3, 0.4) is 0 Å². The van der Waals surface area contributed by atoms with E-state index in [1.807, 2.05) is 0 Å². The van der Waals surface area contributed by atoms with Crippen molar-refractivity contribution in [3.63, 3.8) is 0 Å². The first-order valence-electron chi connectivity index (χ1n) is 28.6. The van der Waals surface area contributed by atoms with Crippen LogP contribution in [0.5, 0.6) is 0 Å². The first-order chi connectivity index (χ1) is 31.5. The van der Waals surface area contributed by atoms with Gasteiger partial charge < -0.3 is 20.3 Å². The zero-order valence-corrected chi connectivity index (χ0v) is 43.2. The van der Waals surface area contributed by atoms with Gasteiger partial charge in [0.1, 0.15) is 6.10 Å². The van der Waals surface area contributed by atoms with E-state index in [0.717, 1.165) is 51.4 Å². The molecule has 3 unspecified atom stereocenters. The second-order valence-electron chi connectivity index (χ2n) is 19.7. The van der Waals surface area contributed by atoms with Gasteiger partial charge in [-0.3, -0.25) is 9.59 Å². The third kappa shape index (κ3) is 46.9. The Morgan fingerprint density at radius 3 is 1.22 bits per heavy atom. The highest BCUT2D eigenvalue weighted by molar-refractivity contribution is 5.77. The standard InChI is InChI=1S/C58H111NO5/c1-4-7-10-13-16-19-22-24-26-28-29-30-32-34-36-39-42-45-48-51-58(63)64-54(49-46-43-40-37-21-18-15-12-9-6-3)52-57(62)59-55(53-60)56(61)50-47-44-41-38-35-33-31-27-25-23-20-17-14-11-8-5-2/h16,19,24,26,54-56,60-61H,4-15,17-18,20-23,25,27-53H2,1-3H3,(H,59,62)/b19-16-,26-24-. The molecule has 1 amide bonds. The minimum Gasteiger partial charge on any atom is -0.462 e. The van der Waals surface area contributed by atoms with Crippen LogP contribution < -0.4 is 5.32 Å². The highest BCUT2D eigenvalue weighted by atomic mass is 16.5. The summed E-state index contributed by atoms with van der Waals surface area (Å²) in [6.45, 7) is 6.49. The molecule has 6 nitrogen and oxygen atoms in total. The number of ether oxygens (including phenoxy) is 1. The van der Waals surface area contributed by atoms with Crippen LogP contribution in [0.25, 0.3) is 0 Å². The largest absolute Gasteiger partial charge is 0.462 e. The number of esters is 1. The molecule has 0 radical (unpaired) electrons. The number of amides is 1. The molecule has 0 aliphatic rings. The molecular formula is C58H111NO5. The minimum absolute atomic E-state index is 0.0816. The van der Waals surface area contributed by atoms with Crippen molar-refractivity contribution in [3.05, 3.63) is 24.3 Å². The summed E-state index contributed by atoms with van der Waals surface area (Å²) in [7, 11) is 0. The number of aliphatic hydroxyl groups is 2. The number of rotatable bonds is 52. The Balaban J connectivity index is 4.40. The third-order valence-electron chi connectivity index (χ3n) is 13.3. The first kappa shape index (κ1) is 62.3. The monoisotopic (exact) mass is 902 g/mol. The summed E-state index contributed by atoms with van der Waals surface area (Å²) in [5, 5.41) is 23.8. The van der Waals surface area contributed by atoms with Gasteiger partial charge in [0.25, 0.3) is 0 Å². The van der Waals surface area contributed by atoms with Gasteiger partial charge in [0, 0.05) is 6.42 Å². The fraction of sp³-hybridized carbons (Fsp3) is 0.897. The van der Waals surface area contributed by atoms with Crippen molar-refractivity contribution in [2.45, 2.75) is 328 Å². The molecule has 378 valence electrons. The number of nitrogens with one attached hydrogen (secondary N) is 1. The number of unbranched alkanes of at least 4 members (excludes halogenated alkanes) is 36. The first-order valence-corrected chi connectivity index (χ1v) is 28.6. The van der Waals surface area contributed by atoms with Gasteiger partial charge in [0.05, 0.1) is 25.2 Å². The average molecular weight is 903 g/mol. The van der Waals surface area contributed by atoms with Crippen LogP contribution >= 0.6 is 0 Å². The van der Waals surface area contributed by atoms with E-state index in [9.17, 15) is 19.8 Å². The summed E-state index contributed by atoms with van der Waals surface area (Å²) in [4.78, 5) is 26.2. The smallest absolute Gasteiger partial charge is 0.306 e. The minimum atomic E-state index is -0.784. The molecule has 0 fully saturated rings.